The predicted octanol–water partition coefficient (Wildman–Crippen LogP) is 3.65. The average Bonchev–Trinajstić information content (AvgIpc) is 2.80. The van der Waals surface area contributed by atoms with Crippen molar-refractivity contribution in [2.75, 3.05) is 26.3 Å². The van der Waals surface area contributed by atoms with Gasteiger partial charge in [-0.05, 0) is 55.9 Å². The Labute approximate surface area is 177 Å². The van der Waals surface area contributed by atoms with Crippen molar-refractivity contribution in [1.82, 2.24) is 9.88 Å². The molecular formula is C24H28N2O4. The van der Waals surface area contributed by atoms with Gasteiger partial charge in [0.05, 0.1) is 5.41 Å². The Morgan fingerprint density at radius 1 is 0.933 bits per heavy atom. The fraction of sp³-hybridized carbons (Fsp3) is 0.458. The second kappa shape index (κ2) is 9.28. The molecule has 0 atom stereocenters. The van der Waals surface area contributed by atoms with Gasteiger partial charge in [-0.15, -0.1) is 0 Å². The van der Waals surface area contributed by atoms with Gasteiger partial charge in [-0.3, -0.25) is 14.6 Å². The largest absolute Gasteiger partial charge is 0.490 e. The summed E-state index contributed by atoms with van der Waals surface area (Å²) in [4.78, 5) is 31.6. The van der Waals surface area contributed by atoms with Gasteiger partial charge in [0.15, 0.2) is 0 Å². The van der Waals surface area contributed by atoms with Gasteiger partial charge >= 0.3 is 5.97 Å². The molecule has 2 aromatic rings. The quantitative estimate of drug-likeness (QED) is 0.674. The number of benzene rings is 1. The van der Waals surface area contributed by atoms with Crippen molar-refractivity contribution in [3.63, 3.8) is 0 Å². The van der Waals surface area contributed by atoms with Gasteiger partial charge in [0, 0.05) is 31.0 Å². The Hall–Kier alpha value is -2.89. The maximum absolute atomic E-state index is 13.0. The minimum Gasteiger partial charge on any atom is -0.490 e. The minimum absolute atomic E-state index is 0.00113. The molecular weight excluding hydrogens is 380 g/mol. The highest BCUT2D eigenvalue weighted by Gasteiger charge is 2.43. The van der Waals surface area contributed by atoms with Crippen LogP contribution in [0.3, 0.4) is 0 Å². The average molecular weight is 408 g/mol. The van der Waals surface area contributed by atoms with Gasteiger partial charge in [-0.1, -0.05) is 24.6 Å². The molecule has 0 saturated carbocycles. The Morgan fingerprint density at radius 2 is 1.67 bits per heavy atom. The third-order valence-electron chi connectivity index (χ3n) is 6.27. The molecule has 6 nitrogen and oxygen atoms in total. The monoisotopic (exact) mass is 408 g/mol. The van der Waals surface area contributed by atoms with E-state index < -0.39 is 5.41 Å². The lowest BCUT2D eigenvalue weighted by Crippen LogP contribution is -2.47. The van der Waals surface area contributed by atoms with Gasteiger partial charge in [-0.25, -0.2) is 0 Å². The Morgan fingerprint density at radius 3 is 2.47 bits per heavy atom. The Balaban J connectivity index is 1.42. The summed E-state index contributed by atoms with van der Waals surface area (Å²) in [6.45, 7) is 1.73. The van der Waals surface area contributed by atoms with Crippen LogP contribution in [0, 0.1) is 5.41 Å². The molecule has 30 heavy (non-hydrogen) atoms. The van der Waals surface area contributed by atoms with Gasteiger partial charge in [0.25, 0.3) is 5.91 Å². The number of aryl methyl sites for hydroxylation is 1. The maximum atomic E-state index is 13.0. The summed E-state index contributed by atoms with van der Waals surface area (Å²) in [6.07, 6.45) is 8.21. The number of likely N-dealkylation sites (tertiary alicyclic amines) is 1. The Kier molecular flexibility index (Phi) is 6.31. The maximum Gasteiger partial charge on any atom is 0.312 e. The first-order chi connectivity index (χ1) is 14.7. The molecule has 0 aliphatic carbocycles. The zero-order valence-electron chi connectivity index (χ0n) is 17.2. The third-order valence-corrected chi connectivity index (χ3v) is 6.27. The van der Waals surface area contributed by atoms with Gasteiger partial charge < -0.3 is 14.4 Å². The number of carbonyl (C=O) groups excluding carboxylic acids is 2. The van der Waals surface area contributed by atoms with Crippen molar-refractivity contribution in [3.8, 4) is 5.75 Å². The first kappa shape index (κ1) is 20.4. The Bertz CT molecular complexity index is 876. The van der Waals surface area contributed by atoms with Crippen molar-refractivity contribution in [2.24, 2.45) is 5.41 Å². The van der Waals surface area contributed by atoms with Crippen LogP contribution in [0.25, 0.3) is 0 Å². The number of hydrogen-bond donors (Lipinski definition) is 0. The van der Waals surface area contributed by atoms with E-state index >= 15 is 0 Å². The summed E-state index contributed by atoms with van der Waals surface area (Å²) in [5.74, 6) is 0.738. The van der Waals surface area contributed by atoms with Crippen LogP contribution in [0.4, 0.5) is 0 Å². The topological polar surface area (TPSA) is 68.7 Å². The van der Waals surface area contributed by atoms with E-state index in [9.17, 15) is 9.59 Å². The molecule has 1 saturated heterocycles. The summed E-state index contributed by atoms with van der Waals surface area (Å²) < 4.78 is 11.5. The molecule has 1 spiro atoms. The van der Waals surface area contributed by atoms with E-state index in [4.69, 9.17) is 9.47 Å². The molecule has 1 fully saturated rings. The zero-order chi connectivity index (χ0) is 20.8. The summed E-state index contributed by atoms with van der Waals surface area (Å²) in [7, 11) is 0. The third kappa shape index (κ3) is 4.48. The lowest BCUT2D eigenvalue weighted by atomic mass is 9.74. The van der Waals surface area contributed by atoms with E-state index in [1.165, 1.54) is 5.56 Å². The number of hydrogen-bond acceptors (Lipinski definition) is 5. The van der Waals surface area contributed by atoms with E-state index in [-0.39, 0.29) is 18.5 Å². The van der Waals surface area contributed by atoms with Gasteiger partial charge in [-0.2, -0.15) is 0 Å². The molecule has 0 bridgehead atoms. The van der Waals surface area contributed by atoms with Crippen molar-refractivity contribution in [1.29, 1.82) is 0 Å². The number of ether oxygens (including phenoxy) is 2. The lowest BCUT2D eigenvalue weighted by Gasteiger charge is -2.40. The molecule has 0 N–H and O–H groups in total. The number of para-hydroxylation sites is 1. The molecule has 2 aliphatic heterocycles. The van der Waals surface area contributed by atoms with Crippen LogP contribution >= 0.6 is 0 Å². The van der Waals surface area contributed by atoms with Gasteiger partial charge in [0.1, 0.15) is 19.0 Å². The molecule has 4 rings (SSSR count). The van der Waals surface area contributed by atoms with Crippen molar-refractivity contribution >= 4 is 11.9 Å². The van der Waals surface area contributed by atoms with E-state index in [0.717, 1.165) is 31.4 Å². The number of carbonyl (C=O) groups is 2. The molecule has 1 aromatic heterocycles. The number of pyridine rings is 1. The van der Waals surface area contributed by atoms with Crippen molar-refractivity contribution in [3.05, 3.63) is 59.9 Å². The van der Waals surface area contributed by atoms with Crippen LogP contribution in [0.2, 0.25) is 0 Å². The summed E-state index contributed by atoms with van der Waals surface area (Å²) >= 11 is 0. The van der Waals surface area contributed by atoms with Crippen LogP contribution in [-0.4, -0.2) is 48.1 Å². The summed E-state index contributed by atoms with van der Waals surface area (Å²) in [5.41, 5.74) is 1.34. The minimum atomic E-state index is -0.506. The highest BCUT2D eigenvalue weighted by molar-refractivity contribution is 5.94. The molecule has 158 valence electrons. The van der Waals surface area contributed by atoms with Gasteiger partial charge in [0.2, 0.25) is 0 Å². The molecule has 0 radical (unpaired) electrons. The number of rotatable bonds is 1. The normalized spacial score (nSPS) is 19.6. The van der Waals surface area contributed by atoms with Crippen molar-refractivity contribution in [2.45, 2.75) is 38.5 Å². The van der Waals surface area contributed by atoms with Crippen LogP contribution < -0.4 is 4.74 Å². The first-order valence-corrected chi connectivity index (χ1v) is 10.8. The number of esters is 1. The molecule has 1 amide bonds. The fourth-order valence-corrected chi connectivity index (χ4v) is 4.44. The molecule has 2 aliphatic rings. The fourth-order valence-electron chi connectivity index (χ4n) is 4.44. The number of piperidine rings is 1. The summed E-state index contributed by atoms with van der Waals surface area (Å²) in [6, 6.07) is 11.5. The number of aromatic nitrogens is 1. The summed E-state index contributed by atoms with van der Waals surface area (Å²) in [5, 5.41) is 0. The number of amides is 1. The van der Waals surface area contributed by atoms with Crippen LogP contribution in [0.5, 0.6) is 5.75 Å². The highest BCUT2D eigenvalue weighted by atomic mass is 16.6. The molecule has 0 unspecified atom stereocenters. The second-order valence-corrected chi connectivity index (χ2v) is 8.11. The zero-order valence-corrected chi connectivity index (χ0v) is 17.2. The standard InChI is InChI=1S/C24H28N2O4/c27-22(20-8-13-25-14-9-20)26-15-11-24(12-16-26)10-4-3-6-19-5-1-2-7-21(19)29-17-18-30-23(24)28/h1-2,5,7-9,13-14H,3-4,6,10-12,15-18H2. The van der Waals surface area contributed by atoms with Crippen LogP contribution in [0.15, 0.2) is 48.8 Å². The van der Waals surface area contributed by atoms with E-state index in [2.05, 4.69) is 11.1 Å². The van der Waals surface area contributed by atoms with Crippen LogP contribution in [0.1, 0.15) is 48.0 Å². The van der Waals surface area contributed by atoms with Crippen molar-refractivity contribution < 1.29 is 19.1 Å². The lowest BCUT2D eigenvalue weighted by molar-refractivity contribution is -0.160. The smallest absolute Gasteiger partial charge is 0.312 e. The first-order valence-electron chi connectivity index (χ1n) is 10.8. The molecule has 6 heteroatoms. The number of cyclic esters (lactones) is 1. The predicted molar refractivity (Wildman–Crippen MR) is 112 cm³/mol. The van der Waals surface area contributed by atoms with E-state index in [0.29, 0.717) is 38.1 Å². The SMILES string of the molecule is O=C(c1ccncc1)N1CCC2(CCCCc3ccccc3OCCOC2=O)CC1. The highest BCUT2D eigenvalue weighted by Crippen LogP contribution is 2.39. The number of nitrogens with zero attached hydrogens (tertiary/aromatic N) is 2. The van der Waals surface area contributed by atoms with E-state index in [1.54, 1.807) is 24.5 Å². The molecule has 3 heterocycles. The van der Waals surface area contributed by atoms with Crippen LogP contribution in [-0.2, 0) is 16.0 Å². The number of fused-ring (bicyclic) bond motifs is 1. The second-order valence-electron chi connectivity index (χ2n) is 8.11. The van der Waals surface area contributed by atoms with E-state index in [1.807, 2.05) is 23.1 Å². The molecule has 1 aromatic carbocycles.